The lowest BCUT2D eigenvalue weighted by atomic mass is 10.1. The first-order valence-corrected chi connectivity index (χ1v) is 7.41. The molecule has 0 saturated carbocycles. The molecule has 0 aliphatic rings. The number of fused-ring (bicyclic) bond motifs is 1. The van der Waals surface area contributed by atoms with Crippen molar-refractivity contribution in [3.63, 3.8) is 0 Å². The summed E-state index contributed by atoms with van der Waals surface area (Å²) in [6, 6.07) is 8.72. The number of ether oxygens (including phenoxy) is 1. The van der Waals surface area contributed by atoms with Gasteiger partial charge in [-0.05, 0) is 30.7 Å². The van der Waals surface area contributed by atoms with E-state index in [1.807, 2.05) is 13.0 Å². The van der Waals surface area contributed by atoms with Crippen molar-refractivity contribution in [1.29, 1.82) is 0 Å². The number of benzene rings is 1. The molecule has 3 aromatic rings. The van der Waals surface area contributed by atoms with Gasteiger partial charge < -0.3 is 14.6 Å². The maximum absolute atomic E-state index is 12.7. The third-order valence-electron chi connectivity index (χ3n) is 3.78. The lowest BCUT2D eigenvalue weighted by Crippen LogP contribution is -2.24. The van der Waals surface area contributed by atoms with Crippen molar-refractivity contribution in [2.45, 2.75) is 6.92 Å². The van der Waals surface area contributed by atoms with Gasteiger partial charge in [-0.15, -0.1) is 0 Å². The Morgan fingerprint density at radius 2 is 2.04 bits per heavy atom. The van der Waals surface area contributed by atoms with Crippen LogP contribution in [0.5, 0.6) is 5.75 Å². The normalized spacial score (nSPS) is 10.6. The molecule has 0 aliphatic heterocycles. The first-order valence-electron chi connectivity index (χ1n) is 7.41. The number of aromatic nitrogens is 2. The van der Waals surface area contributed by atoms with E-state index in [1.54, 1.807) is 49.2 Å². The summed E-state index contributed by atoms with van der Waals surface area (Å²) in [5, 5.41) is 3.08. The third-order valence-corrected chi connectivity index (χ3v) is 3.78. The summed E-state index contributed by atoms with van der Waals surface area (Å²) in [5.41, 5.74) is 1.35. The number of rotatable bonds is 3. The fourth-order valence-corrected chi connectivity index (χ4v) is 2.58. The summed E-state index contributed by atoms with van der Waals surface area (Å²) < 4.78 is 7.02. The van der Waals surface area contributed by atoms with Crippen LogP contribution in [0.3, 0.4) is 0 Å². The summed E-state index contributed by atoms with van der Waals surface area (Å²) in [6.07, 6.45) is 3.16. The van der Waals surface area contributed by atoms with Crippen LogP contribution in [-0.2, 0) is 7.05 Å². The molecule has 0 radical (unpaired) electrons. The average Bonchev–Trinajstić information content (AvgIpc) is 2.59. The summed E-state index contributed by atoms with van der Waals surface area (Å²) in [4.78, 5) is 29.3. The van der Waals surface area contributed by atoms with E-state index in [9.17, 15) is 9.59 Å². The molecule has 24 heavy (non-hydrogen) atoms. The molecule has 6 heteroatoms. The number of methoxy groups -OCH3 is 1. The average molecular weight is 323 g/mol. The number of para-hydroxylation sites is 1. The maximum Gasteiger partial charge on any atom is 0.262 e. The summed E-state index contributed by atoms with van der Waals surface area (Å²) in [6.45, 7) is 1.91. The van der Waals surface area contributed by atoms with E-state index in [4.69, 9.17) is 4.74 Å². The molecule has 6 nitrogen and oxygen atoms in total. The second-order valence-electron chi connectivity index (χ2n) is 5.51. The Balaban J connectivity index is 2.07. The second-order valence-corrected chi connectivity index (χ2v) is 5.51. The van der Waals surface area contributed by atoms with E-state index in [2.05, 4.69) is 10.3 Å². The minimum Gasteiger partial charge on any atom is -0.495 e. The third kappa shape index (κ3) is 2.74. The summed E-state index contributed by atoms with van der Waals surface area (Å²) in [7, 11) is 3.31. The first-order chi connectivity index (χ1) is 11.5. The van der Waals surface area contributed by atoms with Crippen LogP contribution < -0.4 is 15.5 Å². The van der Waals surface area contributed by atoms with Crippen molar-refractivity contribution < 1.29 is 9.53 Å². The number of aryl methyl sites for hydroxylation is 2. The van der Waals surface area contributed by atoms with Crippen LogP contribution in [0.15, 0.2) is 47.5 Å². The predicted molar refractivity (Wildman–Crippen MR) is 92.7 cm³/mol. The highest BCUT2D eigenvalue weighted by atomic mass is 16.5. The van der Waals surface area contributed by atoms with Crippen molar-refractivity contribution in [1.82, 2.24) is 9.55 Å². The van der Waals surface area contributed by atoms with Gasteiger partial charge in [-0.25, -0.2) is 4.98 Å². The standard InChI is InChI=1S/C18H17N3O3/c1-11-7-8-15(19-9-11)20-18(23)13-10-21(2)16-12(17(13)22)5-4-6-14(16)24-3/h4-10H,1-3H3,(H,19,20,23). The molecule has 0 aliphatic carbocycles. The molecule has 0 bridgehead atoms. The Labute approximate surface area is 138 Å². The SMILES string of the molecule is COc1cccc2c(=O)c(C(=O)Nc3ccc(C)cn3)cn(C)c12. The minimum absolute atomic E-state index is 0.0561. The number of nitrogens with one attached hydrogen (secondary N) is 1. The molecule has 0 fully saturated rings. The van der Waals surface area contributed by atoms with Crippen LogP contribution in [0.4, 0.5) is 5.82 Å². The van der Waals surface area contributed by atoms with Crippen molar-refractivity contribution in [3.05, 3.63) is 64.1 Å². The Morgan fingerprint density at radius 3 is 2.71 bits per heavy atom. The first kappa shape index (κ1) is 15.7. The smallest absolute Gasteiger partial charge is 0.262 e. The van der Waals surface area contributed by atoms with E-state index >= 15 is 0 Å². The number of carbonyl (C=O) groups is 1. The van der Waals surface area contributed by atoms with Gasteiger partial charge in [0.25, 0.3) is 5.91 Å². The lowest BCUT2D eigenvalue weighted by Gasteiger charge is -2.12. The van der Waals surface area contributed by atoms with Crippen LogP contribution in [-0.4, -0.2) is 22.6 Å². The quantitative estimate of drug-likeness (QED) is 0.804. The molecular weight excluding hydrogens is 306 g/mol. The molecular formula is C18H17N3O3. The highest BCUT2D eigenvalue weighted by Gasteiger charge is 2.17. The van der Waals surface area contributed by atoms with Crippen LogP contribution in [0, 0.1) is 6.92 Å². The molecule has 2 aromatic heterocycles. The van der Waals surface area contributed by atoms with Gasteiger partial charge in [-0.2, -0.15) is 0 Å². The van der Waals surface area contributed by atoms with Gasteiger partial charge in [-0.1, -0.05) is 12.1 Å². The largest absolute Gasteiger partial charge is 0.495 e. The number of amides is 1. The molecule has 1 aromatic carbocycles. The molecule has 0 atom stereocenters. The van der Waals surface area contributed by atoms with Crippen LogP contribution >= 0.6 is 0 Å². The minimum atomic E-state index is -0.489. The summed E-state index contributed by atoms with van der Waals surface area (Å²) >= 11 is 0. The van der Waals surface area contributed by atoms with E-state index < -0.39 is 5.91 Å². The Bertz CT molecular complexity index is 975. The number of hydrogen-bond acceptors (Lipinski definition) is 4. The number of anilines is 1. The van der Waals surface area contributed by atoms with Crippen LogP contribution in [0.1, 0.15) is 15.9 Å². The molecule has 1 amide bonds. The Hall–Kier alpha value is -3.15. The van der Waals surface area contributed by atoms with Gasteiger partial charge in [0.15, 0.2) is 0 Å². The Morgan fingerprint density at radius 1 is 1.25 bits per heavy atom. The number of pyridine rings is 2. The molecule has 0 spiro atoms. The highest BCUT2D eigenvalue weighted by Crippen LogP contribution is 2.23. The lowest BCUT2D eigenvalue weighted by molar-refractivity contribution is 0.102. The predicted octanol–water partition coefficient (Wildman–Crippen LogP) is 2.50. The van der Waals surface area contributed by atoms with Crippen LogP contribution in [0.2, 0.25) is 0 Å². The van der Waals surface area contributed by atoms with E-state index in [-0.39, 0.29) is 11.0 Å². The van der Waals surface area contributed by atoms with Gasteiger partial charge in [0.05, 0.1) is 18.0 Å². The molecule has 2 heterocycles. The fraction of sp³-hybridized carbons (Fsp3) is 0.167. The highest BCUT2D eigenvalue weighted by molar-refractivity contribution is 6.05. The zero-order valence-corrected chi connectivity index (χ0v) is 13.7. The number of nitrogens with zero attached hydrogens (tertiary/aromatic N) is 2. The number of hydrogen-bond donors (Lipinski definition) is 1. The van der Waals surface area contributed by atoms with Crippen molar-refractivity contribution in [3.8, 4) is 5.75 Å². The second kappa shape index (κ2) is 6.16. The maximum atomic E-state index is 12.7. The van der Waals surface area contributed by atoms with Gasteiger partial charge in [-0.3, -0.25) is 9.59 Å². The van der Waals surface area contributed by atoms with Crippen molar-refractivity contribution in [2.24, 2.45) is 7.05 Å². The fourth-order valence-electron chi connectivity index (χ4n) is 2.58. The van der Waals surface area contributed by atoms with E-state index in [1.165, 1.54) is 6.20 Å². The van der Waals surface area contributed by atoms with E-state index in [0.29, 0.717) is 22.5 Å². The van der Waals surface area contributed by atoms with Gasteiger partial charge in [0.1, 0.15) is 17.1 Å². The molecule has 1 N–H and O–H groups in total. The van der Waals surface area contributed by atoms with E-state index in [0.717, 1.165) is 5.56 Å². The summed E-state index contributed by atoms with van der Waals surface area (Å²) in [5.74, 6) is 0.495. The van der Waals surface area contributed by atoms with Crippen LogP contribution in [0.25, 0.3) is 10.9 Å². The van der Waals surface area contributed by atoms with Gasteiger partial charge in [0, 0.05) is 19.4 Å². The monoisotopic (exact) mass is 323 g/mol. The van der Waals surface area contributed by atoms with Gasteiger partial charge in [0.2, 0.25) is 5.43 Å². The molecule has 122 valence electrons. The molecule has 3 rings (SSSR count). The van der Waals surface area contributed by atoms with Gasteiger partial charge >= 0.3 is 0 Å². The molecule has 0 unspecified atom stereocenters. The van der Waals surface area contributed by atoms with Crippen molar-refractivity contribution >= 4 is 22.6 Å². The topological polar surface area (TPSA) is 73.2 Å². The molecule has 0 saturated heterocycles. The number of carbonyl (C=O) groups excluding carboxylic acids is 1. The Kier molecular flexibility index (Phi) is 4.04. The van der Waals surface area contributed by atoms with Crippen molar-refractivity contribution in [2.75, 3.05) is 12.4 Å². The zero-order valence-electron chi connectivity index (χ0n) is 13.7. The zero-order chi connectivity index (χ0) is 17.3.